The van der Waals surface area contributed by atoms with Crippen molar-refractivity contribution in [2.75, 3.05) is 10.6 Å². The zero-order chi connectivity index (χ0) is 15.5. The fourth-order valence-corrected chi connectivity index (χ4v) is 2.27. The number of carbonyl (C=O) groups is 2. The fourth-order valence-electron chi connectivity index (χ4n) is 2.27. The second-order valence-electron chi connectivity index (χ2n) is 5.23. The van der Waals surface area contributed by atoms with Gasteiger partial charge in [-0.3, -0.25) is 4.79 Å². The van der Waals surface area contributed by atoms with Crippen LogP contribution < -0.4 is 15.4 Å². The number of aryl methyl sites for hydroxylation is 1. The molecule has 2 aromatic rings. The molecule has 1 amide bonds. The average Bonchev–Trinajstić information content (AvgIpc) is 2.50. The predicted octanol–water partition coefficient (Wildman–Crippen LogP) is 2.72. The number of para-hydroxylation sites is 2. The summed E-state index contributed by atoms with van der Waals surface area (Å²) in [5.41, 5.74) is 2.54. The Morgan fingerprint density at radius 1 is 1.18 bits per heavy atom. The first kappa shape index (κ1) is 14.1. The molecule has 112 valence electrons. The summed E-state index contributed by atoms with van der Waals surface area (Å²) in [6.45, 7) is 1.98. The van der Waals surface area contributed by atoms with Crippen LogP contribution in [0.2, 0.25) is 0 Å². The molecule has 5 heteroatoms. The van der Waals surface area contributed by atoms with Crippen LogP contribution in [0, 0.1) is 6.92 Å². The van der Waals surface area contributed by atoms with E-state index in [1.165, 1.54) is 0 Å². The van der Waals surface area contributed by atoms with Crippen LogP contribution in [0.15, 0.2) is 48.5 Å². The van der Waals surface area contributed by atoms with Crippen molar-refractivity contribution in [3.8, 4) is 5.75 Å². The molecule has 0 bridgehead atoms. The quantitative estimate of drug-likeness (QED) is 0.675. The van der Waals surface area contributed by atoms with Gasteiger partial charge >= 0.3 is 5.97 Å². The smallest absolute Gasteiger partial charge is 0.334 e. The molecule has 0 saturated heterocycles. The van der Waals surface area contributed by atoms with Gasteiger partial charge in [0, 0.05) is 5.69 Å². The lowest BCUT2D eigenvalue weighted by atomic mass is 10.1. The predicted molar refractivity (Wildman–Crippen MR) is 83.9 cm³/mol. The summed E-state index contributed by atoms with van der Waals surface area (Å²) in [7, 11) is 0. The third-order valence-corrected chi connectivity index (χ3v) is 3.44. The van der Waals surface area contributed by atoms with Crippen molar-refractivity contribution >= 4 is 23.3 Å². The number of nitrogens with one attached hydrogen (secondary N) is 2. The first-order valence-corrected chi connectivity index (χ1v) is 7.05. The van der Waals surface area contributed by atoms with Gasteiger partial charge in [0.25, 0.3) is 0 Å². The minimum Gasteiger partial charge on any atom is -0.423 e. The SMILES string of the molecule is Cc1ccc(NC(=O)C[C@@H]2Nc3ccccc3OC2=O)cc1. The summed E-state index contributed by atoms with van der Waals surface area (Å²) in [5.74, 6) is -0.196. The van der Waals surface area contributed by atoms with E-state index >= 15 is 0 Å². The van der Waals surface area contributed by atoms with Crippen LogP contribution in [-0.2, 0) is 9.59 Å². The summed E-state index contributed by atoms with van der Waals surface area (Å²) in [6, 6.07) is 14.0. The molecule has 0 radical (unpaired) electrons. The monoisotopic (exact) mass is 296 g/mol. The third kappa shape index (κ3) is 3.09. The summed E-state index contributed by atoms with van der Waals surface area (Å²) < 4.78 is 5.23. The van der Waals surface area contributed by atoms with E-state index in [9.17, 15) is 9.59 Å². The van der Waals surface area contributed by atoms with Gasteiger partial charge < -0.3 is 15.4 Å². The lowest BCUT2D eigenvalue weighted by Gasteiger charge is -2.25. The van der Waals surface area contributed by atoms with Crippen molar-refractivity contribution in [3.63, 3.8) is 0 Å². The Balaban J connectivity index is 1.64. The Morgan fingerprint density at radius 3 is 2.68 bits per heavy atom. The topological polar surface area (TPSA) is 67.4 Å². The van der Waals surface area contributed by atoms with Crippen molar-refractivity contribution < 1.29 is 14.3 Å². The molecule has 2 aromatic carbocycles. The molecule has 0 unspecified atom stereocenters. The average molecular weight is 296 g/mol. The minimum atomic E-state index is -0.680. The Morgan fingerprint density at radius 2 is 1.91 bits per heavy atom. The zero-order valence-electron chi connectivity index (χ0n) is 12.1. The molecule has 0 saturated carbocycles. The number of hydrogen-bond donors (Lipinski definition) is 2. The van der Waals surface area contributed by atoms with Gasteiger partial charge in [-0.05, 0) is 31.2 Å². The molecule has 0 aliphatic carbocycles. The molecule has 1 aliphatic rings. The van der Waals surface area contributed by atoms with E-state index in [1.54, 1.807) is 12.1 Å². The molecule has 0 spiro atoms. The van der Waals surface area contributed by atoms with Crippen molar-refractivity contribution in [3.05, 3.63) is 54.1 Å². The number of carbonyl (C=O) groups excluding carboxylic acids is 2. The highest BCUT2D eigenvalue weighted by molar-refractivity contribution is 5.97. The zero-order valence-corrected chi connectivity index (χ0v) is 12.1. The number of anilines is 2. The first-order valence-electron chi connectivity index (χ1n) is 7.05. The molecule has 3 rings (SSSR count). The highest BCUT2D eigenvalue weighted by Gasteiger charge is 2.29. The largest absolute Gasteiger partial charge is 0.423 e. The van der Waals surface area contributed by atoms with E-state index in [-0.39, 0.29) is 12.3 Å². The number of rotatable bonds is 3. The van der Waals surface area contributed by atoms with Crippen LogP contribution in [0.3, 0.4) is 0 Å². The Hall–Kier alpha value is -2.82. The highest BCUT2D eigenvalue weighted by atomic mass is 16.5. The molecule has 1 atom stereocenters. The summed E-state index contributed by atoms with van der Waals surface area (Å²) >= 11 is 0. The van der Waals surface area contributed by atoms with Gasteiger partial charge in [0.15, 0.2) is 5.75 Å². The van der Waals surface area contributed by atoms with Crippen LogP contribution in [0.25, 0.3) is 0 Å². The van der Waals surface area contributed by atoms with E-state index in [2.05, 4.69) is 10.6 Å². The normalized spacial score (nSPS) is 16.2. The molecular weight excluding hydrogens is 280 g/mol. The molecule has 2 N–H and O–H groups in total. The summed E-state index contributed by atoms with van der Waals surface area (Å²) in [6.07, 6.45) is 0.0149. The molecule has 1 heterocycles. The van der Waals surface area contributed by atoms with Gasteiger partial charge in [-0.2, -0.15) is 0 Å². The lowest BCUT2D eigenvalue weighted by molar-refractivity contribution is -0.137. The van der Waals surface area contributed by atoms with Crippen LogP contribution in [0.1, 0.15) is 12.0 Å². The molecule has 0 aromatic heterocycles. The van der Waals surface area contributed by atoms with Crippen molar-refractivity contribution in [2.24, 2.45) is 0 Å². The van der Waals surface area contributed by atoms with Crippen LogP contribution in [0.5, 0.6) is 5.75 Å². The highest BCUT2D eigenvalue weighted by Crippen LogP contribution is 2.29. The van der Waals surface area contributed by atoms with Gasteiger partial charge in [0.05, 0.1) is 12.1 Å². The van der Waals surface area contributed by atoms with E-state index in [0.29, 0.717) is 11.4 Å². The molecule has 1 aliphatic heterocycles. The maximum absolute atomic E-state index is 12.1. The van der Waals surface area contributed by atoms with Gasteiger partial charge in [-0.1, -0.05) is 29.8 Å². The molecule has 22 heavy (non-hydrogen) atoms. The van der Waals surface area contributed by atoms with Gasteiger partial charge in [0.2, 0.25) is 5.91 Å². The number of esters is 1. The van der Waals surface area contributed by atoms with Crippen molar-refractivity contribution in [1.82, 2.24) is 0 Å². The maximum Gasteiger partial charge on any atom is 0.334 e. The van der Waals surface area contributed by atoms with Gasteiger partial charge in [-0.15, -0.1) is 0 Å². The van der Waals surface area contributed by atoms with Gasteiger partial charge in [-0.25, -0.2) is 4.79 Å². The number of amides is 1. The number of fused-ring (bicyclic) bond motifs is 1. The molecule has 5 nitrogen and oxygen atoms in total. The van der Waals surface area contributed by atoms with Crippen molar-refractivity contribution in [2.45, 2.75) is 19.4 Å². The number of benzene rings is 2. The Kier molecular flexibility index (Phi) is 3.78. The third-order valence-electron chi connectivity index (χ3n) is 3.44. The summed E-state index contributed by atoms with van der Waals surface area (Å²) in [5, 5.41) is 5.81. The maximum atomic E-state index is 12.1. The second kappa shape index (κ2) is 5.89. The Labute approximate surface area is 128 Å². The van der Waals surface area contributed by atoms with Crippen LogP contribution >= 0.6 is 0 Å². The van der Waals surface area contributed by atoms with E-state index in [0.717, 1.165) is 11.3 Å². The van der Waals surface area contributed by atoms with E-state index < -0.39 is 12.0 Å². The van der Waals surface area contributed by atoms with E-state index in [4.69, 9.17) is 4.74 Å². The second-order valence-corrected chi connectivity index (χ2v) is 5.23. The summed E-state index contributed by atoms with van der Waals surface area (Å²) in [4.78, 5) is 24.0. The van der Waals surface area contributed by atoms with Crippen molar-refractivity contribution in [1.29, 1.82) is 0 Å². The minimum absolute atomic E-state index is 0.0149. The number of ether oxygens (including phenoxy) is 1. The first-order chi connectivity index (χ1) is 10.6. The number of hydrogen-bond acceptors (Lipinski definition) is 4. The van der Waals surface area contributed by atoms with Gasteiger partial charge in [0.1, 0.15) is 6.04 Å². The lowest BCUT2D eigenvalue weighted by Crippen LogP contribution is -2.39. The Bertz CT molecular complexity index is 710. The van der Waals surface area contributed by atoms with Crippen LogP contribution in [-0.4, -0.2) is 17.9 Å². The molecular formula is C17H16N2O3. The van der Waals surface area contributed by atoms with Crippen LogP contribution in [0.4, 0.5) is 11.4 Å². The van der Waals surface area contributed by atoms with E-state index in [1.807, 2.05) is 43.3 Å². The fraction of sp³-hybridized carbons (Fsp3) is 0.176. The standard InChI is InChI=1S/C17H16N2O3/c1-11-6-8-12(9-7-11)18-16(20)10-14-17(21)22-15-5-3-2-4-13(15)19-14/h2-9,14,19H,10H2,1H3,(H,18,20)/t14-/m0/s1. The molecule has 0 fully saturated rings.